The minimum Gasteiger partial charge on any atom is -0.478 e. The van der Waals surface area contributed by atoms with Crippen LogP contribution in [0.2, 0.25) is 0 Å². The van der Waals surface area contributed by atoms with E-state index in [1.54, 1.807) is 0 Å². The van der Waals surface area contributed by atoms with E-state index in [-0.39, 0.29) is 10.2 Å². The highest BCUT2D eigenvalue weighted by atomic mass is 79.9. The third-order valence-electron chi connectivity index (χ3n) is 1.69. The Bertz CT molecular complexity index is 416. The van der Waals surface area contributed by atoms with Gasteiger partial charge in [-0.2, -0.15) is 5.90 Å². The van der Waals surface area contributed by atoms with Crippen molar-refractivity contribution in [2.45, 2.75) is 0 Å². The van der Waals surface area contributed by atoms with Gasteiger partial charge >= 0.3 is 11.9 Å². The monoisotopic (exact) mass is 288 g/mol. The van der Waals surface area contributed by atoms with Crippen molar-refractivity contribution in [3.8, 4) is 0 Å². The van der Waals surface area contributed by atoms with Crippen molar-refractivity contribution in [1.82, 2.24) is 0 Å². The van der Waals surface area contributed by atoms with Crippen LogP contribution in [0.4, 0.5) is 5.69 Å². The first-order valence-electron chi connectivity index (χ1n) is 4.10. The van der Waals surface area contributed by atoms with Crippen LogP contribution in [0.1, 0.15) is 10.4 Å². The van der Waals surface area contributed by atoms with E-state index in [9.17, 15) is 4.79 Å². The molecule has 0 atom stereocenters. The van der Waals surface area contributed by atoms with Gasteiger partial charge in [-0.15, -0.1) is 0 Å². The van der Waals surface area contributed by atoms with Crippen molar-refractivity contribution in [2.24, 2.45) is 5.90 Å². The maximum atomic E-state index is 10.6. The number of aliphatic hydroxyl groups excluding tert-OH is 1. The Balaban J connectivity index is 2.80. The first kappa shape index (κ1) is 12.3. The van der Waals surface area contributed by atoms with Crippen molar-refractivity contribution >= 4 is 27.6 Å². The topological polar surface area (TPSA) is 105 Å². The summed E-state index contributed by atoms with van der Waals surface area (Å²) in [6, 6.07) is 5.92. The maximum Gasteiger partial charge on any atom is 0.335 e. The van der Waals surface area contributed by atoms with Gasteiger partial charge in [0.15, 0.2) is 4.61 Å². The summed E-state index contributed by atoms with van der Waals surface area (Å²) in [7, 11) is 0. The van der Waals surface area contributed by atoms with E-state index < -0.39 is 11.9 Å². The number of hydrogen-bond donors (Lipinski definition) is 4. The summed E-state index contributed by atoms with van der Waals surface area (Å²) in [6.45, 7) is 0. The van der Waals surface area contributed by atoms with Gasteiger partial charge in [0.2, 0.25) is 0 Å². The summed E-state index contributed by atoms with van der Waals surface area (Å²) >= 11 is 2.98. The van der Waals surface area contributed by atoms with E-state index >= 15 is 0 Å². The molecule has 0 fully saturated rings. The van der Waals surface area contributed by atoms with Crippen LogP contribution in [-0.4, -0.2) is 16.2 Å². The first-order valence-corrected chi connectivity index (χ1v) is 4.89. The number of aromatic carboxylic acids is 1. The summed E-state index contributed by atoms with van der Waals surface area (Å²) in [6.07, 6.45) is 0. The van der Waals surface area contributed by atoms with Gasteiger partial charge in [0.1, 0.15) is 0 Å². The summed E-state index contributed by atoms with van der Waals surface area (Å²) in [5.41, 5.74) is 0.741. The molecular weight excluding hydrogens is 280 g/mol. The molecule has 0 aliphatic heterocycles. The lowest BCUT2D eigenvalue weighted by atomic mass is 10.2. The Morgan fingerprint density at radius 3 is 2.31 bits per heavy atom. The lowest BCUT2D eigenvalue weighted by Crippen LogP contribution is -2.05. The number of halogens is 1. The molecule has 16 heavy (non-hydrogen) atoms. The second kappa shape index (κ2) is 5.38. The summed E-state index contributed by atoms with van der Waals surface area (Å²) in [4.78, 5) is 14.7. The van der Waals surface area contributed by atoms with Gasteiger partial charge in [0.05, 0.1) is 5.56 Å². The van der Waals surface area contributed by atoms with E-state index in [1.165, 1.54) is 24.3 Å². The van der Waals surface area contributed by atoms with E-state index in [0.717, 1.165) is 0 Å². The van der Waals surface area contributed by atoms with E-state index in [1.807, 2.05) is 0 Å². The molecule has 0 amide bonds. The molecule has 0 saturated carbocycles. The SMILES string of the molecule is NO/C(O)=C(/Br)Nc1ccc(C(=O)O)cc1. The van der Waals surface area contributed by atoms with Gasteiger partial charge in [-0.05, 0) is 40.2 Å². The van der Waals surface area contributed by atoms with Crippen LogP contribution >= 0.6 is 15.9 Å². The smallest absolute Gasteiger partial charge is 0.335 e. The number of aliphatic hydroxyl groups is 1. The van der Waals surface area contributed by atoms with Gasteiger partial charge in [-0.1, -0.05) is 0 Å². The zero-order valence-electron chi connectivity index (χ0n) is 7.98. The van der Waals surface area contributed by atoms with Crippen LogP contribution in [0.3, 0.4) is 0 Å². The Labute approximate surface area is 99.4 Å². The zero-order chi connectivity index (χ0) is 12.1. The number of hydrogen-bond acceptors (Lipinski definition) is 5. The zero-order valence-corrected chi connectivity index (χ0v) is 9.56. The molecule has 86 valence electrons. The van der Waals surface area contributed by atoms with Gasteiger partial charge in [-0.3, -0.25) is 0 Å². The van der Waals surface area contributed by atoms with E-state index in [2.05, 4.69) is 26.1 Å². The standard InChI is InChI=1S/C9H9BrN2O4/c10-7(9(15)16-11)12-6-3-1-5(2-4-6)8(13)14/h1-4,12,15H,11H2,(H,13,14)/b9-7-. The molecule has 1 aromatic carbocycles. The Morgan fingerprint density at radius 2 is 1.88 bits per heavy atom. The number of carboxylic acids is 1. The molecule has 0 unspecified atom stereocenters. The average Bonchev–Trinajstić information content (AvgIpc) is 2.28. The minimum atomic E-state index is -1.01. The van der Waals surface area contributed by atoms with Crippen molar-refractivity contribution in [1.29, 1.82) is 0 Å². The molecule has 0 aliphatic rings. The molecule has 0 spiro atoms. The summed E-state index contributed by atoms with van der Waals surface area (Å²) in [5, 5.41) is 20.4. The number of anilines is 1. The molecule has 0 aromatic heterocycles. The first-order chi connectivity index (χ1) is 7.54. The Hall–Kier alpha value is -1.73. The largest absolute Gasteiger partial charge is 0.478 e. The highest BCUT2D eigenvalue weighted by molar-refractivity contribution is 9.11. The number of nitrogens with two attached hydrogens (primary N) is 1. The van der Waals surface area contributed by atoms with Gasteiger partial charge in [0, 0.05) is 5.69 Å². The highest BCUT2D eigenvalue weighted by Gasteiger charge is 2.05. The van der Waals surface area contributed by atoms with E-state index in [0.29, 0.717) is 5.69 Å². The number of rotatable bonds is 4. The molecule has 1 rings (SSSR count). The van der Waals surface area contributed by atoms with Crippen molar-refractivity contribution < 1.29 is 19.8 Å². The predicted octanol–water partition coefficient (Wildman–Crippen LogP) is 1.77. The second-order valence-electron chi connectivity index (χ2n) is 2.74. The summed E-state index contributed by atoms with van der Waals surface area (Å²) < 4.78 is 0.137. The van der Waals surface area contributed by atoms with Crippen LogP contribution in [0.25, 0.3) is 0 Å². The van der Waals surface area contributed by atoms with Gasteiger partial charge in [0.25, 0.3) is 0 Å². The van der Waals surface area contributed by atoms with E-state index in [4.69, 9.17) is 16.1 Å². The maximum absolute atomic E-state index is 10.6. The normalized spacial score (nSPS) is 11.6. The molecule has 0 aliphatic carbocycles. The molecule has 0 saturated heterocycles. The van der Waals surface area contributed by atoms with Crippen LogP contribution in [0.5, 0.6) is 0 Å². The van der Waals surface area contributed by atoms with Gasteiger partial charge in [-0.25, -0.2) is 4.79 Å². The third kappa shape index (κ3) is 3.14. The molecule has 0 radical (unpaired) electrons. The lowest BCUT2D eigenvalue weighted by Gasteiger charge is -2.06. The minimum absolute atomic E-state index is 0.137. The van der Waals surface area contributed by atoms with Crippen LogP contribution in [-0.2, 0) is 4.84 Å². The van der Waals surface area contributed by atoms with Crippen LogP contribution < -0.4 is 11.2 Å². The quantitative estimate of drug-likeness (QED) is 0.382. The van der Waals surface area contributed by atoms with Crippen LogP contribution in [0.15, 0.2) is 34.8 Å². The van der Waals surface area contributed by atoms with Crippen molar-refractivity contribution in [2.75, 3.05) is 5.32 Å². The average molecular weight is 289 g/mol. The molecule has 6 nitrogen and oxygen atoms in total. The molecule has 7 heteroatoms. The third-order valence-corrected chi connectivity index (χ3v) is 2.22. The fourth-order valence-corrected chi connectivity index (χ4v) is 1.25. The number of nitrogens with one attached hydrogen (secondary N) is 1. The van der Waals surface area contributed by atoms with Crippen molar-refractivity contribution in [3.63, 3.8) is 0 Å². The number of benzene rings is 1. The lowest BCUT2D eigenvalue weighted by molar-refractivity contribution is 0.0697. The molecule has 0 heterocycles. The Kier molecular flexibility index (Phi) is 4.15. The fraction of sp³-hybridized carbons (Fsp3) is 0. The number of carboxylic acid groups (broad SMARTS) is 1. The van der Waals surface area contributed by atoms with Crippen LogP contribution in [0, 0.1) is 0 Å². The molecule has 5 N–H and O–H groups in total. The summed E-state index contributed by atoms with van der Waals surface area (Å²) in [5.74, 6) is 3.22. The Morgan fingerprint density at radius 1 is 1.31 bits per heavy atom. The number of carbonyl (C=O) groups is 1. The highest BCUT2D eigenvalue weighted by Crippen LogP contribution is 2.16. The molecule has 1 aromatic rings. The molecule has 0 bridgehead atoms. The second-order valence-corrected chi connectivity index (χ2v) is 3.54. The molecular formula is C9H9BrN2O4. The van der Waals surface area contributed by atoms with Crippen molar-refractivity contribution in [3.05, 3.63) is 40.4 Å². The van der Waals surface area contributed by atoms with Gasteiger partial charge < -0.3 is 20.4 Å². The fourth-order valence-electron chi connectivity index (χ4n) is 0.928. The predicted molar refractivity (Wildman–Crippen MR) is 60.9 cm³/mol.